The van der Waals surface area contributed by atoms with E-state index in [0.29, 0.717) is 0 Å². The van der Waals surface area contributed by atoms with Crippen LogP contribution in [0.3, 0.4) is 0 Å². The van der Waals surface area contributed by atoms with E-state index in [9.17, 15) is 25.9 Å². The van der Waals surface area contributed by atoms with Gasteiger partial charge in [0.05, 0.1) is 0 Å². The Labute approximate surface area is 195 Å². The number of hydrogen-bond acceptors (Lipinski definition) is 6. The zero-order valence-corrected chi connectivity index (χ0v) is 13.8. The van der Waals surface area contributed by atoms with E-state index in [4.69, 9.17) is 11.5 Å². The summed E-state index contributed by atoms with van der Waals surface area (Å²) < 4.78 is 64.1. The van der Waals surface area contributed by atoms with Gasteiger partial charge in [0, 0.05) is 11.4 Å². The van der Waals surface area contributed by atoms with Gasteiger partial charge in [-0.15, -0.1) is 0 Å². The van der Waals surface area contributed by atoms with Crippen molar-refractivity contribution in [3.63, 3.8) is 0 Å². The Hall–Kier alpha value is -0.400. The van der Waals surface area contributed by atoms with Crippen molar-refractivity contribution < 1.29 is 25.9 Å². The molecule has 0 aliphatic heterocycles. The normalized spacial score (nSPS) is 11.6. The molecule has 0 saturated heterocycles. The molecule has 2 aromatic carbocycles. The summed E-state index contributed by atoms with van der Waals surface area (Å²) >= 11 is 0. The SMILES string of the molecule is Nc1ccc(/C=C/c2ccc(N)cc2S(=O)(=O)O)c(S(=O)(=O)O)c1.[NaH].[NaH]. The molecule has 0 spiro atoms. The first-order valence-electron chi connectivity index (χ1n) is 6.40. The van der Waals surface area contributed by atoms with E-state index < -0.39 is 30.0 Å². The third kappa shape index (κ3) is 6.64. The number of nitrogens with two attached hydrogens (primary N) is 2. The first-order valence-corrected chi connectivity index (χ1v) is 9.28. The molecule has 2 aromatic rings. The Bertz CT molecular complexity index is 954. The summed E-state index contributed by atoms with van der Waals surface area (Å²) in [5.41, 5.74) is 11.4. The first-order chi connectivity index (χ1) is 11.0. The Morgan fingerprint density at radius 1 is 0.692 bits per heavy atom. The summed E-state index contributed by atoms with van der Waals surface area (Å²) in [7, 11) is -9.05. The van der Waals surface area contributed by atoms with Crippen molar-refractivity contribution >= 4 is 103 Å². The van der Waals surface area contributed by atoms with Gasteiger partial charge in [-0.25, -0.2) is 0 Å². The molecule has 2 rings (SSSR count). The fourth-order valence-electron chi connectivity index (χ4n) is 2.00. The quantitative estimate of drug-likeness (QED) is 0.237. The summed E-state index contributed by atoms with van der Waals surface area (Å²) in [6.07, 6.45) is 2.53. The van der Waals surface area contributed by atoms with Crippen LogP contribution in [-0.2, 0) is 20.2 Å². The molecule has 132 valence electrons. The van der Waals surface area contributed by atoms with Gasteiger partial charge >= 0.3 is 59.1 Å². The van der Waals surface area contributed by atoms with Crippen LogP contribution >= 0.6 is 0 Å². The van der Waals surface area contributed by atoms with Gasteiger partial charge in [-0.05, 0) is 35.4 Å². The standard InChI is InChI=1S/C14H14N2O6S2.2Na.2H/c15-11-5-3-9(13(7-11)23(17,18)19)1-2-10-4-6-12(16)8-14(10)24(20,21)22;;;;/h1-8H,15-16H2,(H,17,18,19)(H,20,21,22);;;;/b2-1+;;;;. The van der Waals surface area contributed by atoms with Crippen molar-refractivity contribution in [2.75, 3.05) is 11.5 Å². The third-order valence-electron chi connectivity index (χ3n) is 3.07. The van der Waals surface area contributed by atoms with E-state index >= 15 is 0 Å². The molecular formula is C14H16N2Na2O6S2. The zero-order valence-electron chi connectivity index (χ0n) is 12.1. The maximum atomic E-state index is 11.4. The van der Waals surface area contributed by atoms with Crippen LogP contribution in [0.1, 0.15) is 11.1 Å². The second kappa shape index (κ2) is 9.69. The van der Waals surface area contributed by atoms with Crippen molar-refractivity contribution in [3.05, 3.63) is 47.5 Å². The Morgan fingerprint density at radius 2 is 1.00 bits per heavy atom. The van der Waals surface area contributed by atoms with Crippen molar-refractivity contribution in [3.8, 4) is 0 Å². The van der Waals surface area contributed by atoms with E-state index in [1.165, 1.54) is 36.4 Å². The number of benzene rings is 2. The molecule has 12 heteroatoms. The maximum absolute atomic E-state index is 11.4. The van der Waals surface area contributed by atoms with Crippen molar-refractivity contribution in [1.82, 2.24) is 0 Å². The van der Waals surface area contributed by atoms with Gasteiger partial charge in [-0.3, -0.25) is 9.11 Å². The molecule has 26 heavy (non-hydrogen) atoms. The first kappa shape index (κ1) is 25.6. The average molecular weight is 418 g/mol. The van der Waals surface area contributed by atoms with Crippen LogP contribution in [0.5, 0.6) is 0 Å². The van der Waals surface area contributed by atoms with Crippen molar-refractivity contribution in [2.24, 2.45) is 0 Å². The Balaban J connectivity index is 0.00000312. The summed E-state index contributed by atoms with van der Waals surface area (Å²) in [5, 5.41) is 0. The van der Waals surface area contributed by atoms with Crippen LogP contribution in [0.2, 0.25) is 0 Å². The number of rotatable bonds is 4. The fraction of sp³-hybridized carbons (Fsp3) is 0. The summed E-state index contributed by atoms with van der Waals surface area (Å²) in [5.74, 6) is 0. The molecule has 0 saturated carbocycles. The average Bonchev–Trinajstić information content (AvgIpc) is 2.45. The van der Waals surface area contributed by atoms with Gasteiger partial charge in [-0.1, -0.05) is 24.3 Å². The van der Waals surface area contributed by atoms with Gasteiger partial charge < -0.3 is 11.5 Å². The van der Waals surface area contributed by atoms with E-state index in [2.05, 4.69) is 0 Å². The number of hydrogen-bond donors (Lipinski definition) is 4. The molecule has 0 bridgehead atoms. The van der Waals surface area contributed by atoms with E-state index in [-0.39, 0.29) is 81.6 Å². The van der Waals surface area contributed by atoms with Crippen LogP contribution in [0, 0.1) is 0 Å². The van der Waals surface area contributed by atoms with Crippen LogP contribution < -0.4 is 11.5 Å². The van der Waals surface area contributed by atoms with Crippen LogP contribution in [0.4, 0.5) is 11.4 Å². The molecular weight excluding hydrogens is 402 g/mol. The Kier molecular flexibility index (Phi) is 9.54. The number of nitrogen functional groups attached to an aromatic ring is 2. The number of anilines is 2. The van der Waals surface area contributed by atoms with Gasteiger partial charge in [-0.2, -0.15) is 16.8 Å². The van der Waals surface area contributed by atoms with Gasteiger partial charge in [0.1, 0.15) is 9.79 Å². The van der Waals surface area contributed by atoms with Crippen LogP contribution in [0.15, 0.2) is 46.2 Å². The molecule has 0 atom stereocenters. The second-order valence-electron chi connectivity index (χ2n) is 4.88. The predicted molar refractivity (Wildman–Crippen MR) is 105 cm³/mol. The molecule has 0 aliphatic carbocycles. The van der Waals surface area contributed by atoms with Gasteiger partial charge in [0.25, 0.3) is 20.2 Å². The minimum absolute atomic E-state index is 0. The molecule has 6 N–H and O–H groups in total. The van der Waals surface area contributed by atoms with E-state index in [1.54, 1.807) is 0 Å². The molecule has 0 aromatic heterocycles. The Morgan fingerprint density at radius 3 is 1.27 bits per heavy atom. The van der Waals surface area contributed by atoms with E-state index in [0.717, 1.165) is 12.1 Å². The molecule has 0 aliphatic rings. The van der Waals surface area contributed by atoms with Crippen molar-refractivity contribution in [1.29, 1.82) is 0 Å². The zero-order chi connectivity index (χ0) is 18.1. The molecule has 0 amide bonds. The van der Waals surface area contributed by atoms with Crippen molar-refractivity contribution in [2.45, 2.75) is 9.79 Å². The van der Waals surface area contributed by atoms with Gasteiger partial charge in [0.15, 0.2) is 0 Å². The molecule has 0 unspecified atom stereocenters. The minimum atomic E-state index is -4.52. The predicted octanol–water partition coefficient (Wildman–Crippen LogP) is 0.218. The second-order valence-corrected chi connectivity index (χ2v) is 7.66. The summed E-state index contributed by atoms with van der Waals surface area (Å²) in [4.78, 5) is -0.856. The van der Waals surface area contributed by atoms with E-state index in [1.807, 2.05) is 0 Å². The fourth-order valence-corrected chi connectivity index (χ4v) is 3.44. The summed E-state index contributed by atoms with van der Waals surface area (Å²) in [6.45, 7) is 0. The third-order valence-corrected chi connectivity index (χ3v) is 4.89. The van der Waals surface area contributed by atoms with Gasteiger partial charge in [0.2, 0.25) is 0 Å². The topological polar surface area (TPSA) is 161 Å². The molecule has 0 fully saturated rings. The monoisotopic (exact) mass is 418 g/mol. The molecule has 8 nitrogen and oxygen atoms in total. The van der Waals surface area contributed by atoms with Crippen LogP contribution in [-0.4, -0.2) is 85.1 Å². The molecule has 0 heterocycles. The molecule has 0 radical (unpaired) electrons. The summed E-state index contributed by atoms with van der Waals surface area (Å²) in [6, 6.07) is 7.67. The van der Waals surface area contributed by atoms with Crippen LogP contribution in [0.25, 0.3) is 12.2 Å².